The fraction of sp³-hybridized carbons (Fsp3) is 0.235. The maximum absolute atomic E-state index is 12.5. The molecular weight excluding hydrogens is 433 g/mol. The van der Waals surface area contributed by atoms with E-state index in [4.69, 9.17) is 23.2 Å². The van der Waals surface area contributed by atoms with Crippen LogP contribution in [0.25, 0.3) is 0 Å². The Labute approximate surface area is 168 Å². The third-order valence-corrected chi connectivity index (χ3v) is 8.13. The fourth-order valence-corrected chi connectivity index (χ4v) is 4.88. The molecule has 0 heterocycles. The average molecular weight is 450 g/mol. The summed E-state index contributed by atoms with van der Waals surface area (Å²) in [5, 5.41) is 1.76. The molecular formula is C17H17Cl2NO5S2. The van der Waals surface area contributed by atoms with Crippen LogP contribution in [0.15, 0.2) is 58.3 Å². The van der Waals surface area contributed by atoms with Gasteiger partial charge in [-0.25, -0.2) is 16.8 Å². The molecule has 0 aliphatic carbocycles. The van der Waals surface area contributed by atoms with Gasteiger partial charge in [0, 0.05) is 16.6 Å². The molecule has 2 aromatic rings. The molecule has 2 rings (SSSR count). The maximum atomic E-state index is 12.5. The molecule has 2 aromatic carbocycles. The first kappa shape index (κ1) is 21.7. The van der Waals surface area contributed by atoms with Crippen molar-refractivity contribution in [3.63, 3.8) is 0 Å². The van der Waals surface area contributed by atoms with Crippen molar-refractivity contribution in [2.24, 2.45) is 0 Å². The summed E-state index contributed by atoms with van der Waals surface area (Å²) in [6, 6.07) is 11.1. The fourth-order valence-electron chi connectivity index (χ4n) is 2.18. The molecule has 1 amide bonds. The van der Waals surface area contributed by atoms with Gasteiger partial charge in [-0.15, -0.1) is 0 Å². The molecule has 10 heteroatoms. The number of benzene rings is 2. The summed E-state index contributed by atoms with van der Waals surface area (Å²) >= 11 is 11.5. The van der Waals surface area contributed by atoms with Crippen molar-refractivity contribution < 1.29 is 21.6 Å². The lowest BCUT2D eigenvalue weighted by Crippen LogP contribution is -2.39. The van der Waals surface area contributed by atoms with E-state index in [2.05, 4.69) is 5.32 Å². The Morgan fingerprint density at radius 3 is 1.81 bits per heavy atom. The van der Waals surface area contributed by atoms with Crippen LogP contribution in [-0.2, 0) is 24.5 Å². The molecule has 146 valence electrons. The number of carbonyl (C=O) groups is 1. The molecule has 1 atom stereocenters. The van der Waals surface area contributed by atoms with Crippen LogP contribution < -0.4 is 5.32 Å². The van der Waals surface area contributed by atoms with Crippen molar-refractivity contribution in [1.29, 1.82) is 0 Å². The summed E-state index contributed by atoms with van der Waals surface area (Å²) in [5.74, 6) is -1.15. The maximum Gasteiger partial charge on any atom is 0.238 e. The van der Waals surface area contributed by atoms with Gasteiger partial charge in [-0.3, -0.25) is 4.79 Å². The smallest absolute Gasteiger partial charge is 0.238 e. The Kier molecular flexibility index (Phi) is 6.91. The van der Waals surface area contributed by atoms with Crippen molar-refractivity contribution in [3.8, 4) is 0 Å². The predicted octanol–water partition coefficient (Wildman–Crippen LogP) is 2.75. The van der Waals surface area contributed by atoms with Crippen molar-refractivity contribution in [3.05, 3.63) is 58.6 Å². The number of amides is 1. The zero-order chi connectivity index (χ0) is 20.2. The molecule has 0 bridgehead atoms. The molecule has 0 fully saturated rings. The summed E-state index contributed by atoms with van der Waals surface area (Å²) in [6.07, 6.45) is 0. The largest absolute Gasteiger partial charge is 0.354 e. The van der Waals surface area contributed by atoms with E-state index in [-0.39, 0.29) is 22.1 Å². The van der Waals surface area contributed by atoms with Crippen molar-refractivity contribution in [2.45, 2.75) is 22.0 Å². The second-order valence-electron chi connectivity index (χ2n) is 5.70. The van der Waals surface area contributed by atoms with Crippen molar-refractivity contribution in [2.75, 3.05) is 12.3 Å². The second-order valence-corrected chi connectivity index (χ2v) is 11.0. The van der Waals surface area contributed by atoms with Gasteiger partial charge in [-0.1, -0.05) is 23.2 Å². The first-order valence-corrected chi connectivity index (χ1v) is 11.7. The third kappa shape index (κ3) is 5.44. The van der Waals surface area contributed by atoms with Crippen LogP contribution in [0.1, 0.15) is 6.92 Å². The normalized spacial score (nSPS) is 13.1. The molecule has 27 heavy (non-hydrogen) atoms. The first-order valence-electron chi connectivity index (χ1n) is 7.79. The van der Waals surface area contributed by atoms with Crippen molar-refractivity contribution >= 4 is 48.8 Å². The number of carbonyl (C=O) groups excluding carboxylic acids is 1. The van der Waals surface area contributed by atoms with E-state index in [0.29, 0.717) is 10.0 Å². The first-order chi connectivity index (χ1) is 12.5. The summed E-state index contributed by atoms with van der Waals surface area (Å²) < 4.78 is 49.4. The Morgan fingerprint density at radius 2 is 1.33 bits per heavy atom. The summed E-state index contributed by atoms with van der Waals surface area (Å²) in [4.78, 5) is 12.2. The van der Waals surface area contributed by atoms with Gasteiger partial charge in [0.15, 0.2) is 19.7 Å². The van der Waals surface area contributed by atoms with E-state index < -0.39 is 30.8 Å². The minimum absolute atomic E-state index is 0.0386. The summed E-state index contributed by atoms with van der Waals surface area (Å²) in [7, 11) is -7.54. The number of hydrogen-bond donors (Lipinski definition) is 1. The van der Waals surface area contributed by atoms with Crippen LogP contribution in [0.3, 0.4) is 0 Å². The molecule has 1 N–H and O–H groups in total. The third-order valence-electron chi connectivity index (χ3n) is 3.82. The van der Waals surface area contributed by atoms with Gasteiger partial charge in [-0.2, -0.15) is 0 Å². The van der Waals surface area contributed by atoms with Gasteiger partial charge in [0.05, 0.1) is 15.5 Å². The zero-order valence-electron chi connectivity index (χ0n) is 14.2. The highest BCUT2D eigenvalue weighted by Crippen LogP contribution is 2.19. The predicted molar refractivity (Wildman–Crippen MR) is 105 cm³/mol. The van der Waals surface area contributed by atoms with Crippen LogP contribution >= 0.6 is 23.2 Å². The molecule has 6 nitrogen and oxygen atoms in total. The molecule has 0 saturated heterocycles. The monoisotopic (exact) mass is 449 g/mol. The number of halogens is 2. The minimum atomic E-state index is -3.91. The number of rotatable bonds is 7. The zero-order valence-corrected chi connectivity index (χ0v) is 17.4. The SMILES string of the molecule is C[C@@H](C(=O)NCCS(=O)(=O)c1ccc(Cl)cc1)S(=O)(=O)c1ccc(Cl)cc1. The van der Waals surface area contributed by atoms with Gasteiger partial charge in [0.2, 0.25) is 5.91 Å². The lowest BCUT2D eigenvalue weighted by Gasteiger charge is -2.13. The van der Waals surface area contributed by atoms with Crippen LogP contribution in [0.2, 0.25) is 10.0 Å². The lowest BCUT2D eigenvalue weighted by atomic mass is 10.4. The van der Waals surface area contributed by atoms with Gasteiger partial charge >= 0.3 is 0 Å². The van der Waals surface area contributed by atoms with E-state index in [1.165, 1.54) is 55.5 Å². The minimum Gasteiger partial charge on any atom is -0.354 e. The summed E-state index contributed by atoms with van der Waals surface area (Å²) in [5.41, 5.74) is 0. The second kappa shape index (κ2) is 8.60. The number of nitrogens with one attached hydrogen (secondary N) is 1. The van der Waals surface area contributed by atoms with E-state index in [0.717, 1.165) is 0 Å². The molecule has 0 spiro atoms. The van der Waals surface area contributed by atoms with Crippen LogP contribution in [0.5, 0.6) is 0 Å². The Hall–Kier alpha value is -1.61. The van der Waals surface area contributed by atoms with Crippen LogP contribution in [0, 0.1) is 0 Å². The molecule has 0 aromatic heterocycles. The topological polar surface area (TPSA) is 97.4 Å². The Morgan fingerprint density at radius 1 is 0.889 bits per heavy atom. The number of sulfone groups is 2. The van der Waals surface area contributed by atoms with Crippen LogP contribution in [-0.4, -0.2) is 40.3 Å². The van der Waals surface area contributed by atoms with E-state index >= 15 is 0 Å². The van der Waals surface area contributed by atoms with Gasteiger partial charge in [0.1, 0.15) is 5.25 Å². The lowest BCUT2D eigenvalue weighted by molar-refractivity contribution is -0.120. The van der Waals surface area contributed by atoms with Gasteiger partial charge < -0.3 is 5.32 Å². The molecule has 0 aliphatic heterocycles. The van der Waals surface area contributed by atoms with E-state index in [9.17, 15) is 21.6 Å². The van der Waals surface area contributed by atoms with Crippen LogP contribution in [0.4, 0.5) is 0 Å². The highest BCUT2D eigenvalue weighted by Gasteiger charge is 2.29. The van der Waals surface area contributed by atoms with E-state index in [1.54, 1.807) is 0 Å². The van der Waals surface area contributed by atoms with Gasteiger partial charge in [0.25, 0.3) is 0 Å². The Balaban J connectivity index is 2.00. The molecule has 0 unspecified atom stereocenters. The molecule has 0 aliphatic rings. The average Bonchev–Trinajstić information content (AvgIpc) is 2.61. The quantitative estimate of drug-likeness (QED) is 0.700. The summed E-state index contributed by atoms with van der Waals surface area (Å²) in [6.45, 7) is 1.03. The van der Waals surface area contributed by atoms with Crippen molar-refractivity contribution in [1.82, 2.24) is 5.32 Å². The number of hydrogen-bond acceptors (Lipinski definition) is 5. The molecule has 0 saturated carbocycles. The highest BCUT2D eigenvalue weighted by atomic mass is 35.5. The Bertz CT molecular complexity index is 1020. The highest BCUT2D eigenvalue weighted by molar-refractivity contribution is 7.92. The van der Waals surface area contributed by atoms with Gasteiger partial charge in [-0.05, 0) is 55.5 Å². The molecule has 0 radical (unpaired) electrons. The van der Waals surface area contributed by atoms with E-state index in [1.807, 2.05) is 0 Å². The standard InChI is InChI=1S/C17H17Cl2NO5S2/c1-12(27(24,25)16-8-4-14(19)5-9-16)17(21)20-10-11-26(22,23)15-6-2-13(18)3-7-15/h2-9,12H,10-11H2,1H3,(H,20,21)/t12-/m0/s1.